The van der Waals surface area contributed by atoms with E-state index in [9.17, 15) is 9.90 Å². The highest BCUT2D eigenvalue weighted by Gasteiger charge is 2.34. The molecule has 1 aliphatic heterocycles. The number of nitrogens with zero attached hydrogens (tertiary/aromatic N) is 1. The van der Waals surface area contributed by atoms with Crippen molar-refractivity contribution in [1.82, 2.24) is 4.90 Å². The summed E-state index contributed by atoms with van der Waals surface area (Å²) in [4.78, 5) is 13.6. The summed E-state index contributed by atoms with van der Waals surface area (Å²) in [7, 11) is 0. The lowest BCUT2D eigenvalue weighted by Gasteiger charge is -2.33. The van der Waals surface area contributed by atoms with Crippen LogP contribution in [0.3, 0.4) is 0 Å². The summed E-state index contributed by atoms with van der Waals surface area (Å²) in [6.07, 6.45) is 0.681. The molecule has 1 aromatic rings. The zero-order valence-corrected chi connectivity index (χ0v) is 12.0. The van der Waals surface area contributed by atoms with Crippen LogP contribution in [0.5, 0.6) is 0 Å². The van der Waals surface area contributed by atoms with Gasteiger partial charge in [0.05, 0.1) is 12.5 Å². The lowest BCUT2D eigenvalue weighted by Crippen LogP contribution is -2.39. The van der Waals surface area contributed by atoms with Crippen LogP contribution in [0.1, 0.15) is 39.2 Å². The van der Waals surface area contributed by atoms with Crippen molar-refractivity contribution in [3.05, 3.63) is 35.9 Å². The Morgan fingerprint density at radius 1 is 1.37 bits per heavy atom. The first-order valence-electron chi connectivity index (χ1n) is 6.93. The van der Waals surface area contributed by atoms with Gasteiger partial charge in [0.15, 0.2) is 0 Å². The smallest absolute Gasteiger partial charge is 0.225 e. The first kappa shape index (κ1) is 14.1. The molecule has 1 N–H and O–H groups in total. The number of likely N-dealkylation sites (tertiary alicyclic amines) is 1. The maximum Gasteiger partial charge on any atom is 0.225 e. The molecular weight excluding hydrogens is 238 g/mol. The van der Waals surface area contributed by atoms with Gasteiger partial charge in [0, 0.05) is 12.6 Å². The molecule has 1 heterocycles. The number of hydrogen-bond donors (Lipinski definition) is 1. The summed E-state index contributed by atoms with van der Waals surface area (Å²) in [5.74, 6) is 0.0730. The Morgan fingerprint density at radius 2 is 2.00 bits per heavy atom. The van der Waals surface area contributed by atoms with E-state index in [0.29, 0.717) is 6.54 Å². The topological polar surface area (TPSA) is 40.5 Å². The van der Waals surface area contributed by atoms with E-state index < -0.39 is 6.10 Å². The molecule has 1 amide bonds. The Kier molecular flexibility index (Phi) is 3.95. The largest absolute Gasteiger partial charge is 0.391 e. The Hall–Kier alpha value is -1.35. The van der Waals surface area contributed by atoms with E-state index in [1.807, 2.05) is 23.1 Å². The number of carbonyl (C=O) groups excluding carboxylic acids is 1. The van der Waals surface area contributed by atoms with Gasteiger partial charge < -0.3 is 10.0 Å². The first-order chi connectivity index (χ1) is 8.90. The predicted molar refractivity (Wildman–Crippen MR) is 75.9 cm³/mol. The van der Waals surface area contributed by atoms with E-state index >= 15 is 0 Å². The Morgan fingerprint density at radius 3 is 2.53 bits per heavy atom. The van der Waals surface area contributed by atoms with Crippen LogP contribution in [0, 0.1) is 0 Å². The van der Waals surface area contributed by atoms with Gasteiger partial charge in [-0.1, -0.05) is 44.2 Å². The van der Waals surface area contributed by atoms with Crippen LogP contribution in [-0.4, -0.2) is 34.6 Å². The number of rotatable bonds is 4. The maximum absolute atomic E-state index is 11.8. The molecule has 1 saturated heterocycles. The summed E-state index contributed by atoms with van der Waals surface area (Å²) >= 11 is 0. The second-order valence-corrected chi connectivity index (χ2v) is 6.21. The SMILES string of the molecule is CC(CC(C)(C)c1ccccc1)N1CC(O)CC1=O. The van der Waals surface area contributed by atoms with Crippen molar-refractivity contribution >= 4 is 5.91 Å². The molecule has 104 valence electrons. The summed E-state index contributed by atoms with van der Waals surface area (Å²) in [5, 5.41) is 9.57. The number of hydrogen-bond acceptors (Lipinski definition) is 2. The van der Waals surface area contributed by atoms with Crippen molar-refractivity contribution in [2.45, 2.75) is 51.2 Å². The number of carbonyl (C=O) groups is 1. The van der Waals surface area contributed by atoms with Crippen LogP contribution in [0.4, 0.5) is 0 Å². The summed E-state index contributed by atoms with van der Waals surface area (Å²) in [6, 6.07) is 10.5. The fourth-order valence-corrected chi connectivity index (χ4v) is 2.99. The minimum absolute atomic E-state index is 0.0223. The summed E-state index contributed by atoms with van der Waals surface area (Å²) in [5.41, 5.74) is 1.31. The lowest BCUT2D eigenvalue weighted by atomic mass is 9.79. The van der Waals surface area contributed by atoms with E-state index in [-0.39, 0.29) is 23.8 Å². The van der Waals surface area contributed by atoms with Crippen molar-refractivity contribution < 1.29 is 9.90 Å². The van der Waals surface area contributed by atoms with Crippen LogP contribution in [0.25, 0.3) is 0 Å². The number of amides is 1. The van der Waals surface area contributed by atoms with Gasteiger partial charge in [-0.05, 0) is 24.3 Å². The number of β-amino-alcohol motifs (C(OH)–C–C–N with tert-alkyl or cyclic N) is 1. The number of aliphatic hydroxyl groups excluding tert-OH is 1. The quantitative estimate of drug-likeness (QED) is 0.903. The molecule has 0 saturated carbocycles. The molecule has 3 heteroatoms. The Bertz CT molecular complexity index is 441. The van der Waals surface area contributed by atoms with E-state index in [1.165, 1.54) is 5.56 Å². The minimum Gasteiger partial charge on any atom is -0.391 e. The molecule has 2 atom stereocenters. The average molecular weight is 261 g/mol. The fourth-order valence-electron chi connectivity index (χ4n) is 2.99. The van der Waals surface area contributed by atoms with Gasteiger partial charge >= 0.3 is 0 Å². The molecule has 0 bridgehead atoms. The zero-order valence-electron chi connectivity index (χ0n) is 12.0. The minimum atomic E-state index is -0.491. The van der Waals surface area contributed by atoms with Gasteiger partial charge in [-0.2, -0.15) is 0 Å². The zero-order chi connectivity index (χ0) is 14.0. The maximum atomic E-state index is 11.8. The van der Waals surface area contributed by atoms with Gasteiger partial charge in [-0.15, -0.1) is 0 Å². The highest BCUT2D eigenvalue weighted by Crippen LogP contribution is 2.30. The fraction of sp³-hybridized carbons (Fsp3) is 0.562. The molecule has 19 heavy (non-hydrogen) atoms. The summed E-state index contributed by atoms with van der Waals surface area (Å²) < 4.78 is 0. The van der Waals surface area contributed by atoms with Crippen LogP contribution in [0.2, 0.25) is 0 Å². The molecule has 1 fully saturated rings. The van der Waals surface area contributed by atoms with Crippen LogP contribution in [0.15, 0.2) is 30.3 Å². The molecule has 3 nitrogen and oxygen atoms in total. The van der Waals surface area contributed by atoms with Crippen molar-refractivity contribution in [3.63, 3.8) is 0 Å². The van der Waals surface area contributed by atoms with E-state index in [2.05, 4.69) is 32.9 Å². The first-order valence-corrected chi connectivity index (χ1v) is 6.93. The van der Waals surface area contributed by atoms with Gasteiger partial charge in [-0.25, -0.2) is 0 Å². The molecule has 2 rings (SSSR count). The second kappa shape index (κ2) is 5.33. The average Bonchev–Trinajstić information content (AvgIpc) is 2.69. The van der Waals surface area contributed by atoms with Crippen molar-refractivity contribution in [2.75, 3.05) is 6.54 Å². The third-order valence-electron chi connectivity index (χ3n) is 4.03. The Balaban J connectivity index is 2.06. The number of benzene rings is 1. The Labute approximate surface area is 115 Å². The third kappa shape index (κ3) is 3.16. The number of aliphatic hydroxyl groups is 1. The van der Waals surface area contributed by atoms with Gasteiger partial charge in [0.1, 0.15) is 0 Å². The molecule has 0 aliphatic carbocycles. The highest BCUT2D eigenvalue weighted by atomic mass is 16.3. The third-order valence-corrected chi connectivity index (χ3v) is 4.03. The molecule has 1 aliphatic rings. The van der Waals surface area contributed by atoms with Crippen LogP contribution >= 0.6 is 0 Å². The van der Waals surface area contributed by atoms with Crippen molar-refractivity contribution in [3.8, 4) is 0 Å². The second-order valence-electron chi connectivity index (χ2n) is 6.21. The van der Waals surface area contributed by atoms with E-state index in [0.717, 1.165) is 6.42 Å². The van der Waals surface area contributed by atoms with Gasteiger partial charge in [0.2, 0.25) is 5.91 Å². The lowest BCUT2D eigenvalue weighted by molar-refractivity contribution is -0.129. The molecule has 0 aromatic heterocycles. The molecule has 0 spiro atoms. The monoisotopic (exact) mass is 261 g/mol. The van der Waals surface area contributed by atoms with E-state index in [1.54, 1.807) is 0 Å². The predicted octanol–water partition coefficient (Wildman–Crippen LogP) is 2.34. The summed E-state index contributed by atoms with van der Waals surface area (Å²) in [6.45, 7) is 6.96. The van der Waals surface area contributed by atoms with Crippen LogP contribution < -0.4 is 0 Å². The van der Waals surface area contributed by atoms with Gasteiger partial charge in [0.25, 0.3) is 0 Å². The molecule has 1 aromatic carbocycles. The van der Waals surface area contributed by atoms with Crippen molar-refractivity contribution in [2.24, 2.45) is 0 Å². The van der Waals surface area contributed by atoms with Crippen LogP contribution in [-0.2, 0) is 10.2 Å². The standard InChI is InChI=1S/C16H23NO2/c1-12(17-11-14(18)9-15(17)19)10-16(2,3)13-7-5-4-6-8-13/h4-8,12,14,18H,9-11H2,1-3H3. The van der Waals surface area contributed by atoms with Crippen molar-refractivity contribution in [1.29, 1.82) is 0 Å². The molecule has 0 radical (unpaired) electrons. The van der Waals surface area contributed by atoms with E-state index in [4.69, 9.17) is 0 Å². The highest BCUT2D eigenvalue weighted by molar-refractivity contribution is 5.79. The molecule has 2 unspecified atom stereocenters. The van der Waals surface area contributed by atoms with Gasteiger partial charge in [-0.3, -0.25) is 4.79 Å². The molecular formula is C16H23NO2. The normalized spacial score (nSPS) is 21.8.